The summed E-state index contributed by atoms with van der Waals surface area (Å²) >= 11 is 0. The van der Waals surface area contributed by atoms with Gasteiger partial charge in [0.25, 0.3) is 0 Å². The Kier molecular flexibility index (Phi) is 6.41. The van der Waals surface area contributed by atoms with Gasteiger partial charge in [0, 0.05) is 19.1 Å². The van der Waals surface area contributed by atoms with Crippen molar-refractivity contribution in [3.05, 3.63) is 0 Å². The molecular weight excluding hydrogens is 212 g/mol. The van der Waals surface area contributed by atoms with Crippen LogP contribution in [0.15, 0.2) is 0 Å². The van der Waals surface area contributed by atoms with Crippen molar-refractivity contribution in [2.24, 2.45) is 11.1 Å². The van der Waals surface area contributed by atoms with Crippen LogP contribution in [0.3, 0.4) is 0 Å². The fourth-order valence-corrected chi connectivity index (χ4v) is 2.85. The minimum Gasteiger partial charge on any atom is -0.327 e. The molecule has 2 saturated heterocycles. The lowest BCUT2D eigenvalue weighted by atomic mass is 9.78. The zero-order valence-electron chi connectivity index (χ0n) is 11.8. The van der Waals surface area contributed by atoms with Gasteiger partial charge in [-0.2, -0.15) is 0 Å². The van der Waals surface area contributed by atoms with Gasteiger partial charge in [-0.25, -0.2) is 0 Å². The number of likely N-dealkylation sites (N-methyl/N-ethyl adjacent to an activating group) is 1. The smallest absolute Gasteiger partial charge is 0.0136 e. The number of hydrogen-bond acceptors (Lipinski definition) is 4. The van der Waals surface area contributed by atoms with Gasteiger partial charge in [0.15, 0.2) is 0 Å². The number of nitrogens with one attached hydrogen (secondary N) is 2. The summed E-state index contributed by atoms with van der Waals surface area (Å²) < 4.78 is 0. The topological polar surface area (TPSA) is 53.3 Å². The van der Waals surface area contributed by atoms with Crippen molar-refractivity contribution >= 4 is 0 Å². The third kappa shape index (κ3) is 5.34. The summed E-state index contributed by atoms with van der Waals surface area (Å²) in [5.41, 5.74) is 6.05. The molecule has 4 nitrogen and oxygen atoms in total. The second-order valence-corrected chi connectivity index (χ2v) is 5.77. The van der Waals surface area contributed by atoms with E-state index in [1.54, 1.807) is 0 Å². The van der Waals surface area contributed by atoms with Gasteiger partial charge in [-0.3, -0.25) is 0 Å². The molecule has 0 aromatic rings. The van der Waals surface area contributed by atoms with E-state index in [4.69, 9.17) is 5.73 Å². The van der Waals surface area contributed by atoms with Gasteiger partial charge >= 0.3 is 0 Å². The van der Waals surface area contributed by atoms with Crippen LogP contribution in [0.1, 0.15) is 26.2 Å². The van der Waals surface area contributed by atoms with Crippen LogP contribution >= 0.6 is 0 Å². The largest absolute Gasteiger partial charge is 0.327 e. The molecule has 2 heterocycles. The Hall–Kier alpha value is -0.160. The van der Waals surface area contributed by atoms with Crippen molar-refractivity contribution in [3.8, 4) is 0 Å². The van der Waals surface area contributed by atoms with Gasteiger partial charge in [0.05, 0.1) is 0 Å². The summed E-state index contributed by atoms with van der Waals surface area (Å²) in [5.74, 6) is 0. The quantitative estimate of drug-likeness (QED) is 0.649. The van der Waals surface area contributed by atoms with Gasteiger partial charge in [-0.15, -0.1) is 0 Å². The third-order valence-corrected chi connectivity index (χ3v) is 3.82. The van der Waals surface area contributed by atoms with Crippen molar-refractivity contribution < 1.29 is 0 Å². The molecule has 0 aromatic carbocycles. The van der Waals surface area contributed by atoms with Crippen LogP contribution < -0.4 is 16.4 Å². The summed E-state index contributed by atoms with van der Waals surface area (Å²) in [6.07, 6.45) is 4.24. The molecule has 0 aliphatic carbocycles. The molecule has 4 heteroatoms. The lowest BCUT2D eigenvalue weighted by molar-refractivity contribution is 0.207. The average Bonchev–Trinajstić information content (AvgIpc) is 2.61. The average molecular weight is 242 g/mol. The number of rotatable bonds is 2. The van der Waals surface area contributed by atoms with Crippen LogP contribution in [-0.4, -0.2) is 57.8 Å². The number of piperidine rings is 1. The van der Waals surface area contributed by atoms with Crippen LogP contribution in [-0.2, 0) is 0 Å². The Morgan fingerprint density at radius 3 is 2.35 bits per heavy atom. The number of nitrogens with zero attached hydrogens (tertiary/aromatic N) is 1. The predicted octanol–water partition coefficient (Wildman–Crippen LogP) is 0.245. The van der Waals surface area contributed by atoms with Gasteiger partial charge in [0.2, 0.25) is 0 Å². The molecule has 1 spiro atoms. The maximum Gasteiger partial charge on any atom is 0.0136 e. The number of likely N-dealkylation sites (tertiary alicyclic amines) is 1. The van der Waals surface area contributed by atoms with Gasteiger partial charge in [0.1, 0.15) is 0 Å². The summed E-state index contributed by atoms with van der Waals surface area (Å²) in [6.45, 7) is 8.02. The maximum absolute atomic E-state index is 5.34. The first-order valence-corrected chi connectivity index (χ1v) is 6.87. The van der Waals surface area contributed by atoms with E-state index < -0.39 is 0 Å². The summed E-state index contributed by atoms with van der Waals surface area (Å²) in [7, 11) is 4.14. The fraction of sp³-hybridized carbons (Fsp3) is 1.00. The second kappa shape index (κ2) is 7.31. The Balaban J connectivity index is 0.000000209. The summed E-state index contributed by atoms with van der Waals surface area (Å²) in [6, 6.07) is 0.287. The van der Waals surface area contributed by atoms with Crippen molar-refractivity contribution in [1.29, 1.82) is 0 Å². The number of hydrogen-bond donors (Lipinski definition) is 3. The Morgan fingerprint density at radius 1 is 1.35 bits per heavy atom. The highest BCUT2D eigenvalue weighted by Gasteiger charge is 2.37. The molecule has 0 bridgehead atoms. The molecule has 2 fully saturated rings. The molecule has 1 unspecified atom stereocenters. The van der Waals surface area contributed by atoms with Crippen molar-refractivity contribution in [2.45, 2.75) is 32.2 Å². The first-order chi connectivity index (χ1) is 8.08. The van der Waals surface area contributed by atoms with Crippen molar-refractivity contribution in [3.63, 3.8) is 0 Å². The van der Waals surface area contributed by atoms with Crippen LogP contribution in [0.25, 0.3) is 0 Å². The molecule has 4 N–H and O–H groups in total. The van der Waals surface area contributed by atoms with Gasteiger partial charge in [-0.1, -0.05) is 0 Å². The van der Waals surface area contributed by atoms with Crippen LogP contribution in [0, 0.1) is 5.41 Å². The highest BCUT2D eigenvalue weighted by atomic mass is 15.1. The molecule has 2 aliphatic rings. The minimum absolute atomic E-state index is 0.287. The Morgan fingerprint density at radius 2 is 2.00 bits per heavy atom. The molecule has 0 aromatic heterocycles. The molecule has 102 valence electrons. The van der Waals surface area contributed by atoms with E-state index in [0.717, 1.165) is 6.54 Å². The monoisotopic (exact) mass is 242 g/mol. The van der Waals surface area contributed by atoms with E-state index in [0.29, 0.717) is 5.41 Å². The molecule has 0 amide bonds. The predicted molar refractivity (Wildman–Crippen MR) is 74.2 cm³/mol. The van der Waals surface area contributed by atoms with E-state index in [1.807, 2.05) is 14.0 Å². The van der Waals surface area contributed by atoms with E-state index in [-0.39, 0.29) is 6.04 Å². The van der Waals surface area contributed by atoms with Gasteiger partial charge < -0.3 is 21.3 Å². The summed E-state index contributed by atoms with van der Waals surface area (Å²) in [4.78, 5) is 2.48. The van der Waals surface area contributed by atoms with Crippen molar-refractivity contribution in [1.82, 2.24) is 15.5 Å². The van der Waals surface area contributed by atoms with Crippen LogP contribution in [0.5, 0.6) is 0 Å². The zero-order chi connectivity index (χ0) is 12.7. The molecule has 0 saturated carbocycles. The summed E-state index contributed by atoms with van der Waals surface area (Å²) in [5, 5.41) is 6.37. The van der Waals surface area contributed by atoms with E-state index in [2.05, 4.69) is 22.6 Å². The highest BCUT2D eigenvalue weighted by molar-refractivity contribution is 4.91. The molecule has 17 heavy (non-hydrogen) atoms. The van der Waals surface area contributed by atoms with Gasteiger partial charge in [-0.05, 0) is 65.3 Å². The SMILES string of the molecule is CN1CCC2(CCNCC2)C1.CNCC(C)N. The minimum atomic E-state index is 0.287. The molecule has 2 aliphatic heterocycles. The zero-order valence-corrected chi connectivity index (χ0v) is 11.8. The fourth-order valence-electron chi connectivity index (χ4n) is 2.85. The molecule has 2 rings (SSSR count). The Bertz CT molecular complexity index is 194. The molecule has 0 radical (unpaired) electrons. The normalized spacial score (nSPS) is 25.4. The Labute approximate surface area is 106 Å². The lowest BCUT2D eigenvalue weighted by Crippen LogP contribution is -2.38. The molecular formula is C13H30N4. The van der Waals surface area contributed by atoms with Crippen molar-refractivity contribution in [2.75, 3.05) is 46.8 Å². The van der Waals surface area contributed by atoms with E-state index >= 15 is 0 Å². The number of nitrogens with two attached hydrogens (primary N) is 1. The highest BCUT2D eigenvalue weighted by Crippen LogP contribution is 2.37. The lowest BCUT2D eigenvalue weighted by Gasteiger charge is -2.33. The second-order valence-electron chi connectivity index (χ2n) is 5.77. The first kappa shape index (κ1) is 14.9. The first-order valence-electron chi connectivity index (χ1n) is 6.87. The van der Waals surface area contributed by atoms with E-state index in [1.165, 1.54) is 45.4 Å². The standard InChI is InChI=1S/C9H18N2.C4H12N2/c1-11-7-4-9(8-11)2-5-10-6-3-9;1-4(5)3-6-2/h10H,2-8H2,1H3;4,6H,3,5H2,1-2H3. The third-order valence-electron chi connectivity index (χ3n) is 3.82. The van der Waals surface area contributed by atoms with Crippen LogP contribution in [0.4, 0.5) is 0 Å². The van der Waals surface area contributed by atoms with E-state index in [9.17, 15) is 0 Å². The van der Waals surface area contributed by atoms with Crippen LogP contribution in [0.2, 0.25) is 0 Å². The molecule has 1 atom stereocenters. The maximum atomic E-state index is 5.34.